The summed E-state index contributed by atoms with van der Waals surface area (Å²) in [6.45, 7) is 4.38. The Bertz CT molecular complexity index is 1680. The topological polar surface area (TPSA) is 109 Å². The number of aromatic nitrogens is 2. The van der Waals surface area contributed by atoms with Crippen molar-refractivity contribution in [3.63, 3.8) is 0 Å². The van der Waals surface area contributed by atoms with Gasteiger partial charge in [-0.2, -0.15) is 5.26 Å². The molecule has 5 rings (SSSR count). The minimum atomic E-state index is -0.944. The molecule has 8 heteroatoms. The van der Waals surface area contributed by atoms with E-state index in [0.29, 0.717) is 41.6 Å². The van der Waals surface area contributed by atoms with E-state index < -0.39 is 11.4 Å². The van der Waals surface area contributed by atoms with Gasteiger partial charge < -0.3 is 15.1 Å². The number of likely N-dealkylation sites (tertiary alicyclic amines) is 1. The van der Waals surface area contributed by atoms with Gasteiger partial charge in [0.05, 0.1) is 17.1 Å². The molecular formula is C33H30FN5O2. The molecule has 7 nitrogen and oxygen atoms in total. The second-order valence-corrected chi connectivity index (χ2v) is 10.4. The number of hydrogen-bond acceptors (Lipinski definition) is 6. The van der Waals surface area contributed by atoms with E-state index in [1.54, 1.807) is 29.2 Å². The van der Waals surface area contributed by atoms with Gasteiger partial charge in [-0.15, -0.1) is 16.1 Å². The molecule has 41 heavy (non-hydrogen) atoms. The molecule has 1 fully saturated rings. The molecule has 1 unspecified atom stereocenters. The minimum Gasteiger partial charge on any atom is -0.419 e. The van der Waals surface area contributed by atoms with Gasteiger partial charge in [0, 0.05) is 29.7 Å². The molecule has 2 N–H and O–H groups in total. The molecule has 2 atom stereocenters. The zero-order chi connectivity index (χ0) is 29.0. The van der Waals surface area contributed by atoms with Crippen LogP contribution < -0.4 is 5.73 Å². The maximum atomic E-state index is 14.6. The van der Waals surface area contributed by atoms with Crippen molar-refractivity contribution >= 4 is 5.91 Å². The number of nitriles is 1. The van der Waals surface area contributed by atoms with Crippen LogP contribution in [0.4, 0.5) is 4.39 Å². The van der Waals surface area contributed by atoms with Gasteiger partial charge in [0.25, 0.3) is 5.91 Å². The number of amides is 1. The van der Waals surface area contributed by atoms with Gasteiger partial charge in [-0.25, -0.2) is 4.39 Å². The average molecular weight is 548 g/mol. The van der Waals surface area contributed by atoms with Crippen molar-refractivity contribution in [2.45, 2.75) is 51.1 Å². The number of halogens is 1. The fourth-order valence-corrected chi connectivity index (χ4v) is 5.12. The van der Waals surface area contributed by atoms with Crippen LogP contribution in [0.1, 0.15) is 60.5 Å². The molecule has 0 bridgehead atoms. The highest BCUT2D eigenvalue weighted by Crippen LogP contribution is 2.33. The number of hydrogen-bond donors (Lipinski definition) is 1. The molecule has 1 aliphatic heterocycles. The van der Waals surface area contributed by atoms with Crippen molar-refractivity contribution in [3.8, 4) is 40.5 Å². The number of rotatable bonds is 6. The molecule has 1 saturated heterocycles. The van der Waals surface area contributed by atoms with Crippen molar-refractivity contribution in [1.29, 1.82) is 5.26 Å². The number of carbonyl (C=O) groups is 1. The molecule has 1 aromatic heterocycles. The molecule has 2 heterocycles. The molecule has 0 saturated carbocycles. The summed E-state index contributed by atoms with van der Waals surface area (Å²) in [5, 5.41) is 18.2. The molecule has 1 amide bonds. The quantitative estimate of drug-likeness (QED) is 0.303. The first-order valence-corrected chi connectivity index (χ1v) is 13.6. The van der Waals surface area contributed by atoms with Crippen LogP contribution >= 0.6 is 0 Å². The van der Waals surface area contributed by atoms with Gasteiger partial charge in [0.1, 0.15) is 11.9 Å². The normalized spacial score (nSPS) is 16.0. The smallest absolute Gasteiger partial charge is 0.254 e. The Hall–Kier alpha value is -4.79. The van der Waals surface area contributed by atoms with E-state index in [0.717, 1.165) is 18.4 Å². The maximum Gasteiger partial charge on any atom is 0.254 e. The molecule has 3 aromatic carbocycles. The van der Waals surface area contributed by atoms with Crippen LogP contribution in [0.25, 0.3) is 22.6 Å². The number of benzene rings is 3. The zero-order valence-electron chi connectivity index (χ0n) is 23.0. The van der Waals surface area contributed by atoms with Crippen molar-refractivity contribution in [2.75, 3.05) is 6.54 Å². The van der Waals surface area contributed by atoms with Gasteiger partial charge in [-0.05, 0) is 61.6 Å². The summed E-state index contributed by atoms with van der Waals surface area (Å²) < 4.78 is 20.7. The van der Waals surface area contributed by atoms with Crippen LogP contribution in [0.15, 0.2) is 71.1 Å². The number of nitrogens with zero attached hydrogens (tertiary/aromatic N) is 4. The Balaban J connectivity index is 1.58. The SMILES string of the molecule is CCC#CC1CCCN1C(=O)c1cc(-c2nnc([C@@](C)(N)Cc3ccccc3)o2)cc(-c2cccc(F)c2C#N)c1. The molecule has 0 radical (unpaired) electrons. The van der Waals surface area contributed by atoms with Gasteiger partial charge in [-0.3, -0.25) is 4.79 Å². The zero-order valence-corrected chi connectivity index (χ0v) is 23.0. The summed E-state index contributed by atoms with van der Waals surface area (Å²) in [5.41, 5.74) is 8.23. The van der Waals surface area contributed by atoms with Crippen LogP contribution in [-0.4, -0.2) is 33.6 Å². The fourth-order valence-electron chi connectivity index (χ4n) is 5.12. The van der Waals surface area contributed by atoms with Crippen molar-refractivity contribution < 1.29 is 13.6 Å². The third-order valence-electron chi connectivity index (χ3n) is 7.15. The molecule has 4 aromatic rings. The number of carbonyl (C=O) groups excluding carboxylic acids is 1. The van der Waals surface area contributed by atoms with Crippen LogP contribution in [0.5, 0.6) is 0 Å². The summed E-state index contributed by atoms with van der Waals surface area (Å²) in [4.78, 5) is 15.6. The second-order valence-electron chi connectivity index (χ2n) is 10.4. The lowest BCUT2D eigenvalue weighted by atomic mass is 9.94. The molecule has 1 aliphatic rings. The molecule has 206 valence electrons. The monoisotopic (exact) mass is 547 g/mol. The van der Waals surface area contributed by atoms with Crippen LogP contribution in [0, 0.1) is 29.0 Å². The van der Waals surface area contributed by atoms with Crippen LogP contribution in [-0.2, 0) is 12.0 Å². The lowest BCUT2D eigenvalue weighted by molar-refractivity contribution is 0.0766. The predicted molar refractivity (Wildman–Crippen MR) is 154 cm³/mol. The van der Waals surface area contributed by atoms with E-state index in [4.69, 9.17) is 10.2 Å². The van der Waals surface area contributed by atoms with Crippen LogP contribution in [0.2, 0.25) is 0 Å². The Morgan fingerprint density at radius 1 is 1.15 bits per heavy atom. The summed E-state index contributed by atoms with van der Waals surface area (Å²) in [7, 11) is 0. The largest absolute Gasteiger partial charge is 0.419 e. The van der Waals surface area contributed by atoms with Crippen molar-refractivity contribution in [2.24, 2.45) is 5.73 Å². The van der Waals surface area contributed by atoms with Crippen LogP contribution in [0.3, 0.4) is 0 Å². The first-order valence-electron chi connectivity index (χ1n) is 13.6. The standard InChI is InChI=1S/C33H30FN5O2/c1-3-4-12-26-13-9-16-39(26)31(40)25-18-23(27-14-8-15-29(34)28(27)21-35)17-24(19-25)30-37-38-32(41-30)33(2,36)20-22-10-6-5-7-11-22/h5-8,10-11,14-15,17-19,26H,3,9,13,16,20,36H2,1-2H3/t26?,33-/m0/s1. The molecular weight excluding hydrogens is 517 g/mol. The summed E-state index contributed by atoms with van der Waals surface area (Å²) in [6.07, 6.45) is 2.84. The van der Waals surface area contributed by atoms with E-state index in [2.05, 4.69) is 22.0 Å². The Labute approximate surface area is 238 Å². The van der Waals surface area contributed by atoms with Gasteiger partial charge in [-0.1, -0.05) is 55.3 Å². The first kappa shape index (κ1) is 27.8. The predicted octanol–water partition coefficient (Wildman–Crippen LogP) is 5.85. The molecule has 0 spiro atoms. The maximum absolute atomic E-state index is 14.6. The fraction of sp³-hybridized carbons (Fsp3) is 0.273. The van der Waals surface area contributed by atoms with Crippen molar-refractivity contribution in [1.82, 2.24) is 15.1 Å². The van der Waals surface area contributed by atoms with E-state index in [-0.39, 0.29) is 29.3 Å². The Morgan fingerprint density at radius 3 is 2.68 bits per heavy atom. The highest BCUT2D eigenvalue weighted by atomic mass is 19.1. The minimum absolute atomic E-state index is 0.112. The molecule has 0 aliphatic carbocycles. The lowest BCUT2D eigenvalue weighted by Crippen LogP contribution is -2.35. The highest BCUT2D eigenvalue weighted by Gasteiger charge is 2.31. The second kappa shape index (κ2) is 11.8. The third-order valence-corrected chi connectivity index (χ3v) is 7.15. The van der Waals surface area contributed by atoms with Gasteiger partial charge in [0.2, 0.25) is 11.8 Å². The highest BCUT2D eigenvalue weighted by molar-refractivity contribution is 5.97. The summed E-state index contributed by atoms with van der Waals surface area (Å²) in [6, 6.07) is 21.0. The Kier molecular flexibility index (Phi) is 7.96. The van der Waals surface area contributed by atoms with Crippen molar-refractivity contribution in [3.05, 3.63) is 95.1 Å². The summed E-state index contributed by atoms with van der Waals surface area (Å²) in [5.74, 6) is 5.85. The summed E-state index contributed by atoms with van der Waals surface area (Å²) >= 11 is 0. The van der Waals surface area contributed by atoms with E-state index in [1.807, 2.05) is 50.2 Å². The van der Waals surface area contributed by atoms with E-state index in [1.165, 1.54) is 12.1 Å². The van der Waals surface area contributed by atoms with E-state index >= 15 is 0 Å². The third kappa shape index (κ3) is 5.89. The first-order chi connectivity index (χ1) is 19.8. The number of nitrogens with two attached hydrogens (primary N) is 1. The van der Waals surface area contributed by atoms with E-state index in [9.17, 15) is 14.4 Å². The van der Waals surface area contributed by atoms with Gasteiger partial charge in [0.15, 0.2) is 0 Å². The average Bonchev–Trinajstić information content (AvgIpc) is 3.66. The van der Waals surface area contributed by atoms with Gasteiger partial charge >= 0.3 is 0 Å². The Morgan fingerprint density at radius 2 is 1.93 bits per heavy atom. The lowest BCUT2D eigenvalue weighted by Gasteiger charge is -2.21.